The van der Waals surface area contributed by atoms with E-state index in [-0.39, 0.29) is 11.7 Å². The fourth-order valence-electron chi connectivity index (χ4n) is 2.06. The molecule has 1 unspecified atom stereocenters. The Labute approximate surface area is 146 Å². The minimum atomic E-state index is -3.48. The molecule has 0 bridgehead atoms. The van der Waals surface area contributed by atoms with Crippen LogP contribution in [-0.4, -0.2) is 45.8 Å². The SMILES string of the molecule is COc1ccc(NC(C)C(=O)NC(=O)NC2CC2)cc1NS(C)(=O)=O. The number of methoxy groups -OCH3 is 1. The highest BCUT2D eigenvalue weighted by molar-refractivity contribution is 7.92. The number of amides is 3. The van der Waals surface area contributed by atoms with E-state index < -0.39 is 28.0 Å². The number of ether oxygens (including phenoxy) is 1. The fourth-order valence-corrected chi connectivity index (χ4v) is 2.62. The zero-order valence-electron chi connectivity index (χ0n) is 14.3. The van der Waals surface area contributed by atoms with E-state index in [1.807, 2.05) is 0 Å². The van der Waals surface area contributed by atoms with Gasteiger partial charge in [0.05, 0.1) is 19.1 Å². The molecule has 2 rings (SSSR count). The van der Waals surface area contributed by atoms with Gasteiger partial charge >= 0.3 is 6.03 Å². The molecule has 9 nitrogen and oxygen atoms in total. The lowest BCUT2D eigenvalue weighted by atomic mass is 10.2. The Hall–Kier alpha value is -2.49. The van der Waals surface area contributed by atoms with Crippen molar-refractivity contribution in [3.8, 4) is 5.75 Å². The molecule has 0 spiro atoms. The molecule has 1 atom stereocenters. The topological polar surface area (TPSA) is 126 Å². The van der Waals surface area contributed by atoms with Crippen molar-refractivity contribution < 1.29 is 22.7 Å². The lowest BCUT2D eigenvalue weighted by Crippen LogP contribution is -2.46. The average molecular weight is 370 g/mol. The molecule has 1 saturated carbocycles. The van der Waals surface area contributed by atoms with Crippen molar-refractivity contribution in [3.05, 3.63) is 18.2 Å². The van der Waals surface area contributed by atoms with Gasteiger partial charge in [0, 0.05) is 11.7 Å². The molecular formula is C15H22N4O5S. The number of anilines is 2. The molecule has 0 aromatic heterocycles. The summed E-state index contributed by atoms with van der Waals surface area (Å²) in [6, 6.07) is 3.65. The number of rotatable bonds is 7. The predicted molar refractivity (Wildman–Crippen MR) is 94.2 cm³/mol. The Balaban J connectivity index is 2.01. The molecule has 1 aromatic rings. The number of nitrogens with one attached hydrogen (secondary N) is 4. The van der Waals surface area contributed by atoms with E-state index in [1.165, 1.54) is 13.2 Å². The average Bonchev–Trinajstić information content (AvgIpc) is 3.29. The zero-order valence-corrected chi connectivity index (χ0v) is 15.1. The normalized spacial score (nSPS) is 15.0. The van der Waals surface area contributed by atoms with E-state index in [1.54, 1.807) is 19.1 Å². The van der Waals surface area contributed by atoms with Crippen LogP contribution in [0, 0.1) is 0 Å². The van der Waals surface area contributed by atoms with Crippen molar-refractivity contribution in [3.63, 3.8) is 0 Å². The molecule has 0 radical (unpaired) electrons. The lowest BCUT2D eigenvalue weighted by molar-refractivity contribution is -0.120. The van der Waals surface area contributed by atoms with Gasteiger partial charge in [-0.2, -0.15) is 0 Å². The van der Waals surface area contributed by atoms with Gasteiger partial charge in [0.15, 0.2) is 0 Å². The third kappa shape index (κ3) is 6.14. The van der Waals surface area contributed by atoms with Gasteiger partial charge in [0.2, 0.25) is 15.9 Å². The van der Waals surface area contributed by atoms with Crippen LogP contribution in [-0.2, 0) is 14.8 Å². The largest absolute Gasteiger partial charge is 0.495 e. The zero-order chi connectivity index (χ0) is 18.6. The highest BCUT2D eigenvalue weighted by Crippen LogP contribution is 2.28. The summed E-state index contributed by atoms with van der Waals surface area (Å²) in [7, 11) is -2.06. The van der Waals surface area contributed by atoms with E-state index in [4.69, 9.17) is 4.74 Å². The van der Waals surface area contributed by atoms with Gasteiger partial charge in [0.1, 0.15) is 11.8 Å². The van der Waals surface area contributed by atoms with Crippen molar-refractivity contribution in [2.75, 3.05) is 23.4 Å². The predicted octanol–water partition coefficient (Wildman–Crippen LogP) is 0.855. The van der Waals surface area contributed by atoms with Crippen molar-refractivity contribution in [2.24, 2.45) is 0 Å². The Morgan fingerprint density at radius 3 is 2.52 bits per heavy atom. The van der Waals surface area contributed by atoms with Crippen LogP contribution in [0.4, 0.5) is 16.2 Å². The van der Waals surface area contributed by atoms with Crippen molar-refractivity contribution in [2.45, 2.75) is 31.8 Å². The van der Waals surface area contributed by atoms with Crippen molar-refractivity contribution in [1.29, 1.82) is 0 Å². The minimum absolute atomic E-state index is 0.155. The standard InChI is InChI=1S/C15H22N4O5S/c1-9(14(20)18-15(21)17-10-4-5-10)16-11-6-7-13(24-2)12(8-11)19-25(3,22)23/h6-10,16,19H,4-5H2,1-3H3,(H2,17,18,20,21). The lowest BCUT2D eigenvalue weighted by Gasteiger charge is -2.17. The molecule has 138 valence electrons. The number of benzene rings is 1. The second kappa shape index (κ2) is 7.60. The Morgan fingerprint density at radius 1 is 1.28 bits per heavy atom. The first-order valence-electron chi connectivity index (χ1n) is 7.71. The molecule has 0 heterocycles. The molecule has 3 amide bonds. The van der Waals surface area contributed by atoms with Gasteiger partial charge in [-0.3, -0.25) is 14.8 Å². The monoisotopic (exact) mass is 370 g/mol. The quantitative estimate of drug-likeness (QED) is 0.564. The number of hydrogen-bond donors (Lipinski definition) is 4. The van der Waals surface area contributed by atoms with Crippen molar-refractivity contribution in [1.82, 2.24) is 10.6 Å². The van der Waals surface area contributed by atoms with E-state index in [0.29, 0.717) is 11.4 Å². The van der Waals surface area contributed by atoms with Crippen LogP contribution in [0.25, 0.3) is 0 Å². The van der Waals surface area contributed by atoms with Crippen LogP contribution >= 0.6 is 0 Å². The number of urea groups is 1. The molecule has 1 aromatic carbocycles. The molecule has 1 aliphatic carbocycles. The summed E-state index contributed by atoms with van der Waals surface area (Å²) in [5.74, 6) is -0.150. The van der Waals surface area contributed by atoms with Crippen LogP contribution in [0.15, 0.2) is 18.2 Å². The van der Waals surface area contributed by atoms with Crippen LogP contribution in [0.2, 0.25) is 0 Å². The van der Waals surface area contributed by atoms with Gasteiger partial charge in [0.25, 0.3) is 0 Å². The summed E-state index contributed by atoms with van der Waals surface area (Å²) in [4.78, 5) is 23.6. The first-order chi connectivity index (χ1) is 11.7. The van der Waals surface area contributed by atoms with Crippen LogP contribution < -0.4 is 25.4 Å². The Morgan fingerprint density at radius 2 is 1.96 bits per heavy atom. The first kappa shape index (κ1) is 18.8. The Bertz CT molecular complexity index is 761. The number of sulfonamides is 1. The summed E-state index contributed by atoms with van der Waals surface area (Å²) in [5, 5.41) is 7.83. The maximum absolute atomic E-state index is 12.0. The molecule has 0 saturated heterocycles. The third-order valence-corrected chi connectivity index (χ3v) is 4.01. The second-order valence-corrected chi connectivity index (χ2v) is 7.64. The Kier molecular flexibility index (Phi) is 5.73. The number of imide groups is 1. The van der Waals surface area contributed by atoms with Gasteiger partial charge in [-0.25, -0.2) is 13.2 Å². The summed E-state index contributed by atoms with van der Waals surface area (Å²) in [5.41, 5.74) is 0.742. The van der Waals surface area contributed by atoms with Crippen LogP contribution in [0.5, 0.6) is 5.75 Å². The molecule has 4 N–H and O–H groups in total. The maximum Gasteiger partial charge on any atom is 0.321 e. The summed E-state index contributed by atoms with van der Waals surface area (Å²) in [6.45, 7) is 1.59. The maximum atomic E-state index is 12.0. The summed E-state index contributed by atoms with van der Waals surface area (Å²) in [6.07, 6.45) is 2.88. The third-order valence-electron chi connectivity index (χ3n) is 3.42. The fraction of sp³-hybridized carbons (Fsp3) is 0.467. The highest BCUT2D eigenvalue weighted by atomic mass is 32.2. The van der Waals surface area contributed by atoms with Gasteiger partial charge in [-0.05, 0) is 38.0 Å². The van der Waals surface area contributed by atoms with E-state index >= 15 is 0 Å². The van der Waals surface area contributed by atoms with Gasteiger partial charge in [-0.15, -0.1) is 0 Å². The molecular weight excluding hydrogens is 348 g/mol. The highest BCUT2D eigenvalue weighted by Gasteiger charge is 2.25. The molecule has 10 heteroatoms. The molecule has 1 aliphatic rings. The van der Waals surface area contributed by atoms with E-state index in [9.17, 15) is 18.0 Å². The first-order valence-corrected chi connectivity index (χ1v) is 9.61. The molecule has 25 heavy (non-hydrogen) atoms. The smallest absolute Gasteiger partial charge is 0.321 e. The summed E-state index contributed by atoms with van der Waals surface area (Å²) < 4.78 is 30.3. The van der Waals surface area contributed by atoms with Crippen LogP contribution in [0.3, 0.4) is 0 Å². The molecule has 1 fully saturated rings. The number of carbonyl (C=O) groups is 2. The van der Waals surface area contributed by atoms with E-state index in [0.717, 1.165) is 19.1 Å². The van der Waals surface area contributed by atoms with Crippen LogP contribution in [0.1, 0.15) is 19.8 Å². The van der Waals surface area contributed by atoms with Gasteiger partial charge in [-0.1, -0.05) is 0 Å². The van der Waals surface area contributed by atoms with Gasteiger partial charge < -0.3 is 15.4 Å². The van der Waals surface area contributed by atoms with E-state index in [2.05, 4.69) is 20.7 Å². The second-order valence-electron chi connectivity index (χ2n) is 5.89. The number of hydrogen-bond acceptors (Lipinski definition) is 6. The molecule has 0 aliphatic heterocycles. The van der Waals surface area contributed by atoms with Crippen molar-refractivity contribution >= 4 is 33.3 Å². The summed E-state index contributed by atoms with van der Waals surface area (Å²) >= 11 is 0. The minimum Gasteiger partial charge on any atom is -0.495 e. The number of carbonyl (C=O) groups excluding carboxylic acids is 2.